The second kappa shape index (κ2) is 18.5. The van der Waals surface area contributed by atoms with E-state index in [4.69, 9.17) is 15.3 Å². The predicted molar refractivity (Wildman–Crippen MR) is 63.5 cm³/mol. The molecule has 0 heterocycles. The highest BCUT2D eigenvalue weighted by Gasteiger charge is 1.94. The topological polar surface area (TPSA) is 53.3 Å². The van der Waals surface area contributed by atoms with Gasteiger partial charge in [-0.1, -0.05) is 32.6 Å². The minimum Gasteiger partial charge on any atom is -0.484 e. The van der Waals surface area contributed by atoms with Crippen molar-refractivity contribution in [2.24, 2.45) is 0 Å². The first-order valence-electron chi connectivity index (χ1n) is 4.87. The van der Waals surface area contributed by atoms with Crippen LogP contribution in [0.15, 0.2) is 0 Å². The summed E-state index contributed by atoms with van der Waals surface area (Å²) in [6.45, 7) is 2.21. The van der Waals surface area contributed by atoms with Gasteiger partial charge < -0.3 is 9.84 Å². The lowest BCUT2D eigenvalue weighted by Gasteiger charge is -2.00. The van der Waals surface area contributed by atoms with Crippen molar-refractivity contribution >= 4 is 18.3 Å². The molecule has 2 N–H and O–H groups in total. The first kappa shape index (κ1) is 19.3. The maximum Gasteiger partial charge on any atom is 0.180 e. The Morgan fingerprint density at radius 3 is 2.07 bits per heavy atom. The lowest BCUT2D eigenvalue weighted by atomic mass is 10.1. The first-order chi connectivity index (χ1) is 6.31. The van der Waals surface area contributed by atoms with E-state index in [1.54, 1.807) is 7.11 Å². The number of aliphatic hydroxyl groups excluding tert-OH is 1. The quantitative estimate of drug-likeness (QED) is 0.415. The molecule has 3 nitrogen and oxygen atoms in total. The summed E-state index contributed by atoms with van der Waals surface area (Å²) in [6.07, 6.45) is 7.04. The zero-order valence-corrected chi connectivity index (χ0v) is 10.3. The number of nitrogens with one attached hydrogen (secondary N) is 1. The minimum atomic E-state index is 0. The Morgan fingerprint density at radius 2 is 1.64 bits per heavy atom. The molecule has 0 atom stereocenters. The van der Waals surface area contributed by atoms with E-state index < -0.39 is 0 Å². The van der Waals surface area contributed by atoms with Crippen molar-refractivity contribution in [2.45, 2.75) is 45.4 Å². The summed E-state index contributed by atoms with van der Waals surface area (Å²) in [5.41, 5.74) is 0. The molecule has 0 aliphatic carbocycles. The van der Waals surface area contributed by atoms with Gasteiger partial charge in [0.1, 0.15) is 0 Å². The zero-order chi connectivity index (χ0) is 10.5. The third kappa shape index (κ3) is 17.7. The molecule has 0 rings (SSSR count). The molecule has 0 aromatic rings. The van der Waals surface area contributed by atoms with E-state index in [1.807, 2.05) is 0 Å². The average molecular weight is 226 g/mol. The van der Waals surface area contributed by atoms with Crippen molar-refractivity contribution in [3.63, 3.8) is 0 Å². The Bertz CT molecular complexity index is 110. The van der Waals surface area contributed by atoms with Crippen molar-refractivity contribution in [1.82, 2.24) is 0 Å². The number of halogens is 1. The van der Waals surface area contributed by atoms with Crippen LogP contribution in [-0.2, 0) is 4.74 Å². The van der Waals surface area contributed by atoms with Gasteiger partial charge in [-0.25, -0.2) is 0 Å². The van der Waals surface area contributed by atoms with Crippen molar-refractivity contribution in [1.29, 1.82) is 5.41 Å². The van der Waals surface area contributed by atoms with Crippen LogP contribution >= 0.6 is 12.4 Å². The smallest absolute Gasteiger partial charge is 0.180 e. The van der Waals surface area contributed by atoms with Gasteiger partial charge in [-0.15, -0.1) is 12.4 Å². The molecule has 0 bridgehead atoms. The molecule has 0 fully saturated rings. The Morgan fingerprint density at radius 1 is 1.14 bits per heavy atom. The number of rotatable bonds is 6. The normalized spacial score (nSPS) is 8.00. The molecule has 0 aromatic carbocycles. The van der Waals surface area contributed by atoms with Crippen LogP contribution in [0.4, 0.5) is 0 Å². The average Bonchev–Trinajstić information content (AvgIpc) is 2.20. The lowest BCUT2D eigenvalue weighted by Crippen LogP contribution is -1.97. The van der Waals surface area contributed by atoms with Gasteiger partial charge in [-0.2, -0.15) is 0 Å². The summed E-state index contributed by atoms with van der Waals surface area (Å²) in [6, 6.07) is 0. The maximum absolute atomic E-state index is 7.20. The highest BCUT2D eigenvalue weighted by atomic mass is 35.5. The van der Waals surface area contributed by atoms with E-state index in [1.165, 1.54) is 25.7 Å². The Hall–Kier alpha value is -0.280. The number of hydrogen-bond donors (Lipinski definition) is 2. The highest BCUT2D eigenvalue weighted by molar-refractivity contribution is 5.85. The van der Waals surface area contributed by atoms with Crippen molar-refractivity contribution in [3.8, 4) is 0 Å². The summed E-state index contributed by atoms with van der Waals surface area (Å²) in [5.74, 6) is 0.418. The van der Waals surface area contributed by atoms with Crippen LogP contribution in [0.25, 0.3) is 0 Å². The number of aliphatic hydroxyl groups is 1. The van der Waals surface area contributed by atoms with Gasteiger partial charge in [0.15, 0.2) is 5.90 Å². The molecule has 0 aromatic heterocycles. The van der Waals surface area contributed by atoms with Gasteiger partial charge >= 0.3 is 0 Å². The van der Waals surface area contributed by atoms with Crippen molar-refractivity contribution in [3.05, 3.63) is 0 Å². The molecule has 88 valence electrons. The summed E-state index contributed by atoms with van der Waals surface area (Å²) in [4.78, 5) is 0. The zero-order valence-electron chi connectivity index (χ0n) is 9.51. The first-order valence-corrected chi connectivity index (χ1v) is 4.87. The Kier molecular flexibility index (Phi) is 25.5. The van der Waals surface area contributed by atoms with Gasteiger partial charge in [0.25, 0.3) is 0 Å². The molecule has 14 heavy (non-hydrogen) atoms. The number of unbranched alkanes of at least 4 members (excludes halogenated alkanes) is 4. The molecular formula is C10H24ClNO2. The van der Waals surface area contributed by atoms with Crippen LogP contribution in [0.2, 0.25) is 0 Å². The number of hydrogen-bond acceptors (Lipinski definition) is 3. The summed E-state index contributed by atoms with van der Waals surface area (Å²) in [7, 11) is 2.56. The molecule has 0 amide bonds. The van der Waals surface area contributed by atoms with E-state index >= 15 is 0 Å². The standard InChI is InChI=1S/C9H19NO.CH4O.ClH/c1-3-4-5-6-7-8-9(10)11-2;1-2;/h10H,3-8H2,1-2H3;2H,1H3;1H. The number of ether oxygens (including phenoxy) is 1. The molecule has 0 radical (unpaired) electrons. The largest absolute Gasteiger partial charge is 0.484 e. The van der Waals surface area contributed by atoms with Crippen LogP contribution in [0.5, 0.6) is 0 Å². The van der Waals surface area contributed by atoms with E-state index in [9.17, 15) is 0 Å². The third-order valence-corrected chi connectivity index (χ3v) is 1.75. The maximum atomic E-state index is 7.20. The van der Waals surface area contributed by atoms with Gasteiger partial charge in [-0.05, 0) is 6.42 Å². The van der Waals surface area contributed by atoms with Gasteiger partial charge in [0, 0.05) is 13.5 Å². The highest BCUT2D eigenvalue weighted by Crippen LogP contribution is 2.05. The van der Waals surface area contributed by atoms with Crippen LogP contribution in [-0.4, -0.2) is 25.2 Å². The fraction of sp³-hybridized carbons (Fsp3) is 0.900. The Labute approximate surface area is 93.8 Å². The summed E-state index contributed by atoms with van der Waals surface area (Å²) >= 11 is 0. The van der Waals surface area contributed by atoms with E-state index in [0.29, 0.717) is 5.90 Å². The van der Waals surface area contributed by atoms with Gasteiger partial charge in [-0.3, -0.25) is 5.41 Å². The molecule has 0 unspecified atom stereocenters. The van der Waals surface area contributed by atoms with Crippen LogP contribution in [0.1, 0.15) is 45.4 Å². The van der Waals surface area contributed by atoms with E-state index in [-0.39, 0.29) is 12.4 Å². The van der Waals surface area contributed by atoms with Crippen LogP contribution in [0.3, 0.4) is 0 Å². The second-order valence-electron chi connectivity index (χ2n) is 2.79. The van der Waals surface area contributed by atoms with Gasteiger partial charge in [0.2, 0.25) is 0 Å². The predicted octanol–water partition coefficient (Wildman–Crippen LogP) is 3.00. The van der Waals surface area contributed by atoms with E-state index in [0.717, 1.165) is 20.0 Å². The molecule has 0 spiro atoms. The third-order valence-electron chi connectivity index (χ3n) is 1.75. The van der Waals surface area contributed by atoms with E-state index in [2.05, 4.69) is 6.92 Å². The van der Waals surface area contributed by atoms with Crippen molar-refractivity contribution < 1.29 is 9.84 Å². The molecular weight excluding hydrogens is 202 g/mol. The van der Waals surface area contributed by atoms with Crippen LogP contribution in [0, 0.1) is 5.41 Å². The lowest BCUT2D eigenvalue weighted by molar-refractivity contribution is 0.383. The van der Waals surface area contributed by atoms with Crippen LogP contribution < -0.4 is 0 Å². The molecule has 0 aliphatic rings. The second-order valence-corrected chi connectivity index (χ2v) is 2.79. The fourth-order valence-corrected chi connectivity index (χ4v) is 0.991. The van der Waals surface area contributed by atoms with Gasteiger partial charge in [0.05, 0.1) is 7.11 Å². The molecule has 0 saturated carbocycles. The summed E-state index contributed by atoms with van der Waals surface area (Å²) < 4.78 is 4.74. The SMILES string of the molecule is CCCCCCCC(=N)OC.CO.Cl. The monoisotopic (exact) mass is 225 g/mol. The number of methoxy groups -OCH3 is 1. The van der Waals surface area contributed by atoms with Crippen molar-refractivity contribution in [2.75, 3.05) is 14.2 Å². The fourth-order valence-electron chi connectivity index (χ4n) is 0.991. The minimum absolute atomic E-state index is 0. The molecule has 0 saturated heterocycles. The molecule has 4 heteroatoms. The summed E-state index contributed by atoms with van der Waals surface area (Å²) in [5, 5.41) is 14.2. The Balaban J connectivity index is -0.000000376. The molecule has 0 aliphatic heterocycles.